The molecule has 4 N–H and O–H groups in total. The van der Waals surface area contributed by atoms with Crippen molar-refractivity contribution in [1.82, 2.24) is 15.5 Å². The van der Waals surface area contributed by atoms with E-state index in [2.05, 4.69) is 20.8 Å². The summed E-state index contributed by atoms with van der Waals surface area (Å²) in [5, 5.41) is 9.25. The van der Waals surface area contributed by atoms with Crippen molar-refractivity contribution >= 4 is 11.7 Å². The summed E-state index contributed by atoms with van der Waals surface area (Å²) < 4.78 is 4.85. The smallest absolute Gasteiger partial charge is 0.319 e. The van der Waals surface area contributed by atoms with Gasteiger partial charge in [-0.05, 0) is 24.6 Å². The van der Waals surface area contributed by atoms with E-state index >= 15 is 0 Å². The maximum absolute atomic E-state index is 11.8. The van der Waals surface area contributed by atoms with Gasteiger partial charge in [-0.15, -0.1) is 0 Å². The minimum atomic E-state index is -0.281. The zero-order valence-electron chi connectivity index (χ0n) is 12.1. The summed E-state index contributed by atoms with van der Waals surface area (Å²) in [6.45, 7) is 4.05. The minimum absolute atomic E-state index is 0.0729. The SMILES string of the molecule is Cc1nc(CCNC(=O)Nc2cccc(C(C)N)c2)no1. The van der Waals surface area contributed by atoms with Crippen LogP contribution in [-0.2, 0) is 6.42 Å². The molecule has 21 heavy (non-hydrogen) atoms. The maximum Gasteiger partial charge on any atom is 0.319 e. The molecule has 0 saturated heterocycles. The van der Waals surface area contributed by atoms with Crippen LogP contribution in [-0.4, -0.2) is 22.7 Å². The molecular formula is C14H19N5O2. The van der Waals surface area contributed by atoms with E-state index in [1.54, 1.807) is 6.92 Å². The highest BCUT2D eigenvalue weighted by molar-refractivity contribution is 5.89. The zero-order valence-corrected chi connectivity index (χ0v) is 12.1. The number of nitrogens with one attached hydrogen (secondary N) is 2. The van der Waals surface area contributed by atoms with Gasteiger partial charge in [0.2, 0.25) is 5.89 Å². The number of carbonyl (C=O) groups is 1. The van der Waals surface area contributed by atoms with E-state index in [4.69, 9.17) is 10.3 Å². The molecule has 0 bridgehead atoms. The number of nitrogens with zero attached hydrogens (tertiary/aromatic N) is 2. The molecule has 0 radical (unpaired) electrons. The van der Waals surface area contributed by atoms with E-state index in [0.717, 1.165) is 5.56 Å². The first-order valence-corrected chi connectivity index (χ1v) is 6.74. The number of nitrogens with two attached hydrogens (primary N) is 1. The monoisotopic (exact) mass is 289 g/mol. The summed E-state index contributed by atoms with van der Waals surface area (Å²) >= 11 is 0. The topological polar surface area (TPSA) is 106 Å². The molecular weight excluding hydrogens is 270 g/mol. The van der Waals surface area contributed by atoms with Crippen molar-refractivity contribution in [3.05, 3.63) is 41.5 Å². The van der Waals surface area contributed by atoms with Gasteiger partial charge in [0.25, 0.3) is 0 Å². The van der Waals surface area contributed by atoms with Crippen LogP contribution in [0.25, 0.3) is 0 Å². The van der Waals surface area contributed by atoms with Crippen molar-refractivity contribution in [2.24, 2.45) is 5.73 Å². The average Bonchev–Trinajstić information content (AvgIpc) is 2.84. The second-order valence-corrected chi connectivity index (χ2v) is 4.77. The van der Waals surface area contributed by atoms with Crippen molar-refractivity contribution in [3.8, 4) is 0 Å². The van der Waals surface area contributed by atoms with Crippen molar-refractivity contribution in [2.75, 3.05) is 11.9 Å². The Morgan fingerprint density at radius 3 is 2.95 bits per heavy atom. The summed E-state index contributed by atoms with van der Waals surface area (Å²) in [5.74, 6) is 1.09. The predicted octanol–water partition coefficient (Wildman–Crippen LogP) is 1.76. The van der Waals surface area contributed by atoms with E-state index in [0.29, 0.717) is 30.4 Å². The number of anilines is 1. The number of aryl methyl sites for hydroxylation is 1. The highest BCUT2D eigenvalue weighted by atomic mass is 16.5. The van der Waals surface area contributed by atoms with Crippen LogP contribution < -0.4 is 16.4 Å². The fourth-order valence-corrected chi connectivity index (χ4v) is 1.81. The number of carbonyl (C=O) groups excluding carboxylic acids is 1. The average molecular weight is 289 g/mol. The number of amides is 2. The normalized spacial score (nSPS) is 12.0. The number of hydrogen-bond acceptors (Lipinski definition) is 5. The Morgan fingerprint density at radius 1 is 1.48 bits per heavy atom. The lowest BCUT2D eigenvalue weighted by Gasteiger charge is -2.10. The Morgan fingerprint density at radius 2 is 2.29 bits per heavy atom. The molecule has 0 spiro atoms. The summed E-state index contributed by atoms with van der Waals surface area (Å²) in [4.78, 5) is 15.8. The molecule has 1 aromatic carbocycles. The second-order valence-electron chi connectivity index (χ2n) is 4.77. The molecule has 1 heterocycles. The molecule has 0 aliphatic heterocycles. The van der Waals surface area contributed by atoms with E-state index in [-0.39, 0.29) is 12.1 Å². The molecule has 2 amide bonds. The van der Waals surface area contributed by atoms with Gasteiger partial charge in [0, 0.05) is 31.6 Å². The van der Waals surface area contributed by atoms with Crippen LogP contribution in [0.5, 0.6) is 0 Å². The third-order valence-corrected chi connectivity index (χ3v) is 2.87. The minimum Gasteiger partial charge on any atom is -0.340 e. The van der Waals surface area contributed by atoms with Crippen LogP contribution in [0.4, 0.5) is 10.5 Å². The van der Waals surface area contributed by atoms with Gasteiger partial charge in [0.05, 0.1) is 0 Å². The molecule has 1 unspecified atom stereocenters. The maximum atomic E-state index is 11.8. The Balaban J connectivity index is 1.80. The van der Waals surface area contributed by atoms with Gasteiger partial charge in [0.1, 0.15) is 0 Å². The molecule has 1 atom stereocenters. The van der Waals surface area contributed by atoms with Crippen LogP contribution >= 0.6 is 0 Å². The first-order chi connectivity index (χ1) is 10.0. The lowest BCUT2D eigenvalue weighted by atomic mass is 10.1. The molecule has 0 fully saturated rings. The van der Waals surface area contributed by atoms with Gasteiger partial charge >= 0.3 is 6.03 Å². The third-order valence-electron chi connectivity index (χ3n) is 2.87. The summed E-state index contributed by atoms with van der Waals surface area (Å²) in [6, 6.07) is 7.09. The predicted molar refractivity (Wildman–Crippen MR) is 78.8 cm³/mol. The summed E-state index contributed by atoms with van der Waals surface area (Å²) in [6.07, 6.45) is 0.518. The standard InChI is InChI=1S/C14H19N5O2/c1-9(15)11-4-3-5-12(8-11)18-14(20)16-7-6-13-17-10(2)21-19-13/h3-5,8-9H,6-7,15H2,1-2H3,(H2,16,18,20). The number of hydrogen-bond donors (Lipinski definition) is 3. The van der Waals surface area contributed by atoms with Gasteiger partial charge in [-0.3, -0.25) is 0 Å². The van der Waals surface area contributed by atoms with Crippen LogP contribution in [0.1, 0.15) is 30.2 Å². The van der Waals surface area contributed by atoms with E-state index in [9.17, 15) is 4.79 Å². The fourth-order valence-electron chi connectivity index (χ4n) is 1.81. The van der Waals surface area contributed by atoms with Crippen LogP contribution in [0.3, 0.4) is 0 Å². The first-order valence-electron chi connectivity index (χ1n) is 6.74. The van der Waals surface area contributed by atoms with Crippen molar-refractivity contribution in [1.29, 1.82) is 0 Å². The number of urea groups is 1. The second kappa shape index (κ2) is 6.85. The van der Waals surface area contributed by atoms with Gasteiger partial charge in [-0.2, -0.15) is 4.98 Å². The first kappa shape index (κ1) is 15.0. The lowest BCUT2D eigenvalue weighted by Crippen LogP contribution is -2.30. The van der Waals surface area contributed by atoms with Crippen molar-refractivity contribution in [3.63, 3.8) is 0 Å². The van der Waals surface area contributed by atoms with Gasteiger partial charge in [-0.1, -0.05) is 17.3 Å². The quantitative estimate of drug-likeness (QED) is 0.777. The van der Waals surface area contributed by atoms with Crippen molar-refractivity contribution in [2.45, 2.75) is 26.3 Å². The molecule has 2 rings (SSSR count). The van der Waals surface area contributed by atoms with Gasteiger partial charge in [-0.25, -0.2) is 4.79 Å². The van der Waals surface area contributed by atoms with Crippen LogP contribution in [0.2, 0.25) is 0 Å². The third kappa shape index (κ3) is 4.57. The van der Waals surface area contributed by atoms with E-state index in [1.807, 2.05) is 31.2 Å². The largest absolute Gasteiger partial charge is 0.340 e. The molecule has 112 valence electrons. The van der Waals surface area contributed by atoms with E-state index < -0.39 is 0 Å². The Kier molecular flexibility index (Phi) is 4.89. The molecule has 0 saturated carbocycles. The van der Waals surface area contributed by atoms with E-state index in [1.165, 1.54) is 0 Å². The highest BCUT2D eigenvalue weighted by Crippen LogP contribution is 2.15. The Labute approximate surface area is 122 Å². The molecule has 0 aliphatic rings. The zero-order chi connectivity index (χ0) is 15.2. The summed E-state index contributed by atoms with van der Waals surface area (Å²) in [7, 11) is 0. The molecule has 2 aromatic rings. The van der Waals surface area contributed by atoms with Gasteiger partial charge < -0.3 is 20.9 Å². The highest BCUT2D eigenvalue weighted by Gasteiger charge is 2.06. The van der Waals surface area contributed by atoms with Crippen LogP contribution in [0.15, 0.2) is 28.8 Å². The van der Waals surface area contributed by atoms with Gasteiger partial charge in [0.15, 0.2) is 5.82 Å². The number of benzene rings is 1. The van der Waals surface area contributed by atoms with Crippen LogP contribution in [0, 0.1) is 6.92 Å². The molecule has 7 heteroatoms. The molecule has 7 nitrogen and oxygen atoms in total. The molecule has 1 aromatic heterocycles. The summed E-state index contributed by atoms with van der Waals surface area (Å²) in [5.41, 5.74) is 7.48. The Hall–Kier alpha value is -2.41. The Bertz CT molecular complexity index is 609. The number of aromatic nitrogens is 2. The number of rotatable bonds is 5. The lowest BCUT2D eigenvalue weighted by molar-refractivity contribution is 0.252. The fraction of sp³-hybridized carbons (Fsp3) is 0.357. The molecule has 0 aliphatic carbocycles. The van der Waals surface area contributed by atoms with Crippen molar-refractivity contribution < 1.29 is 9.32 Å².